The van der Waals surface area contributed by atoms with E-state index in [0.29, 0.717) is 29.3 Å². The number of nitrogens with zero attached hydrogens (tertiary/aromatic N) is 2. The van der Waals surface area contributed by atoms with Crippen molar-refractivity contribution >= 4 is 34.4 Å². The minimum absolute atomic E-state index is 0.188. The maximum Gasteiger partial charge on any atom is 0.338 e. The fourth-order valence-electron chi connectivity index (χ4n) is 3.24. The molecule has 6 heteroatoms. The van der Waals surface area contributed by atoms with E-state index in [1.807, 2.05) is 18.2 Å². The van der Waals surface area contributed by atoms with E-state index in [2.05, 4.69) is 11.1 Å². The van der Waals surface area contributed by atoms with Gasteiger partial charge in [-0.05, 0) is 47.9 Å². The molecular formula is C21H17ClN2O3. The van der Waals surface area contributed by atoms with Gasteiger partial charge in [0.25, 0.3) is 5.91 Å². The standard InChI is InChI=1S/C21H17ClN2O3/c22-19-8-6-15-11-16(5-7-18(15)23-19)21(26)27-13-20(25)24-10-9-14-3-1-2-4-17(14)12-24/h1-8,11H,9-10,12-13H2. The van der Waals surface area contributed by atoms with Crippen LogP contribution in [0.5, 0.6) is 0 Å². The van der Waals surface area contributed by atoms with Gasteiger partial charge in [-0.3, -0.25) is 4.79 Å². The number of benzene rings is 2. The Kier molecular flexibility index (Phi) is 4.77. The lowest BCUT2D eigenvalue weighted by molar-refractivity contribution is -0.135. The van der Waals surface area contributed by atoms with Crippen molar-refractivity contribution in [2.24, 2.45) is 0 Å². The molecule has 1 aliphatic heterocycles. The van der Waals surface area contributed by atoms with Gasteiger partial charge in [0.1, 0.15) is 5.15 Å². The summed E-state index contributed by atoms with van der Waals surface area (Å²) in [6.07, 6.45) is 0.816. The Balaban J connectivity index is 1.39. The number of ether oxygens (including phenoxy) is 1. The van der Waals surface area contributed by atoms with Gasteiger partial charge >= 0.3 is 5.97 Å². The molecule has 0 saturated heterocycles. The molecule has 0 fully saturated rings. The molecule has 5 nitrogen and oxygen atoms in total. The Morgan fingerprint density at radius 1 is 1.07 bits per heavy atom. The predicted molar refractivity (Wildman–Crippen MR) is 103 cm³/mol. The minimum atomic E-state index is -0.530. The van der Waals surface area contributed by atoms with Crippen LogP contribution in [0.25, 0.3) is 10.9 Å². The molecule has 0 unspecified atom stereocenters. The summed E-state index contributed by atoms with van der Waals surface area (Å²) < 4.78 is 5.23. The van der Waals surface area contributed by atoms with E-state index in [4.69, 9.17) is 16.3 Å². The van der Waals surface area contributed by atoms with Gasteiger partial charge in [0.15, 0.2) is 6.61 Å². The lowest BCUT2D eigenvalue weighted by Gasteiger charge is -2.28. The van der Waals surface area contributed by atoms with E-state index in [1.54, 1.807) is 35.2 Å². The first-order valence-electron chi connectivity index (χ1n) is 8.68. The van der Waals surface area contributed by atoms with E-state index >= 15 is 0 Å². The number of fused-ring (bicyclic) bond motifs is 2. The number of hydrogen-bond donors (Lipinski definition) is 0. The Hall–Kier alpha value is -2.92. The van der Waals surface area contributed by atoms with E-state index in [0.717, 1.165) is 17.4 Å². The van der Waals surface area contributed by atoms with Crippen molar-refractivity contribution < 1.29 is 14.3 Å². The van der Waals surface area contributed by atoms with Crippen molar-refractivity contribution in [3.8, 4) is 0 Å². The normalized spacial score (nSPS) is 13.3. The van der Waals surface area contributed by atoms with Crippen LogP contribution in [0, 0.1) is 0 Å². The van der Waals surface area contributed by atoms with E-state index in [1.165, 1.54) is 5.56 Å². The largest absolute Gasteiger partial charge is 0.452 e. The molecule has 1 amide bonds. The summed E-state index contributed by atoms with van der Waals surface area (Å²) in [6, 6.07) is 16.5. The molecule has 27 heavy (non-hydrogen) atoms. The lowest BCUT2D eigenvalue weighted by atomic mass is 10.00. The SMILES string of the molecule is O=C(OCC(=O)N1CCc2ccccc2C1)c1ccc2nc(Cl)ccc2c1. The van der Waals surface area contributed by atoms with Gasteiger partial charge in [0.05, 0.1) is 11.1 Å². The fraction of sp³-hybridized carbons (Fsp3) is 0.190. The number of carbonyl (C=O) groups is 2. The second-order valence-electron chi connectivity index (χ2n) is 6.45. The quantitative estimate of drug-likeness (QED) is 0.514. The topological polar surface area (TPSA) is 59.5 Å². The van der Waals surface area contributed by atoms with Crippen molar-refractivity contribution in [3.63, 3.8) is 0 Å². The summed E-state index contributed by atoms with van der Waals surface area (Å²) in [7, 11) is 0. The highest BCUT2D eigenvalue weighted by Crippen LogP contribution is 2.19. The summed E-state index contributed by atoms with van der Waals surface area (Å²) in [5.74, 6) is -0.718. The highest BCUT2D eigenvalue weighted by atomic mass is 35.5. The molecule has 0 saturated carbocycles. The molecule has 136 valence electrons. The first-order valence-corrected chi connectivity index (χ1v) is 9.06. The molecular weight excluding hydrogens is 364 g/mol. The van der Waals surface area contributed by atoms with Gasteiger partial charge in [-0.25, -0.2) is 9.78 Å². The molecule has 2 aromatic carbocycles. The van der Waals surface area contributed by atoms with Crippen molar-refractivity contribution in [2.45, 2.75) is 13.0 Å². The van der Waals surface area contributed by atoms with Gasteiger partial charge < -0.3 is 9.64 Å². The zero-order valence-electron chi connectivity index (χ0n) is 14.5. The highest BCUT2D eigenvalue weighted by molar-refractivity contribution is 6.29. The molecule has 0 aliphatic carbocycles. The summed E-state index contributed by atoms with van der Waals surface area (Å²) >= 11 is 5.87. The third-order valence-corrected chi connectivity index (χ3v) is 4.91. The zero-order valence-corrected chi connectivity index (χ0v) is 15.3. The molecule has 1 aromatic heterocycles. The van der Waals surface area contributed by atoms with Crippen LogP contribution in [0.4, 0.5) is 0 Å². The summed E-state index contributed by atoms with van der Waals surface area (Å²) in [5, 5.41) is 1.18. The van der Waals surface area contributed by atoms with Crippen molar-refractivity contribution in [1.29, 1.82) is 0 Å². The number of aromatic nitrogens is 1. The fourth-order valence-corrected chi connectivity index (χ4v) is 3.39. The molecule has 0 atom stereocenters. The van der Waals surface area contributed by atoms with Gasteiger partial charge in [0.2, 0.25) is 0 Å². The Morgan fingerprint density at radius 2 is 1.89 bits per heavy atom. The Bertz CT molecular complexity index is 1030. The number of hydrogen-bond acceptors (Lipinski definition) is 4. The lowest BCUT2D eigenvalue weighted by Crippen LogP contribution is -2.38. The Morgan fingerprint density at radius 3 is 2.74 bits per heavy atom. The summed E-state index contributed by atoms with van der Waals surface area (Å²) in [6.45, 7) is 0.919. The van der Waals surface area contributed by atoms with Gasteiger partial charge in [-0.15, -0.1) is 0 Å². The maximum atomic E-state index is 12.4. The van der Waals surface area contributed by atoms with Crippen LogP contribution in [-0.4, -0.2) is 34.9 Å². The molecule has 0 spiro atoms. The van der Waals surface area contributed by atoms with Crippen molar-refractivity contribution in [3.05, 3.63) is 76.4 Å². The van der Waals surface area contributed by atoms with Crippen molar-refractivity contribution in [1.82, 2.24) is 9.88 Å². The molecule has 3 aromatic rings. The molecule has 2 heterocycles. The maximum absolute atomic E-state index is 12.4. The van der Waals surface area contributed by atoms with Gasteiger partial charge in [-0.2, -0.15) is 0 Å². The zero-order chi connectivity index (χ0) is 18.8. The van der Waals surface area contributed by atoms with Crippen LogP contribution in [0.2, 0.25) is 5.15 Å². The number of esters is 1. The highest BCUT2D eigenvalue weighted by Gasteiger charge is 2.21. The molecule has 0 bridgehead atoms. The van der Waals surface area contributed by atoms with E-state index in [-0.39, 0.29) is 12.5 Å². The van der Waals surface area contributed by atoms with Crippen LogP contribution in [-0.2, 0) is 22.5 Å². The molecule has 1 aliphatic rings. The first-order chi connectivity index (χ1) is 13.1. The number of amides is 1. The monoisotopic (exact) mass is 380 g/mol. The molecule has 4 rings (SSSR count). The second-order valence-corrected chi connectivity index (χ2v) is 6.84. The van der Waals surface area contributed by atoms with Crippen LogP contribution in [0.15, 0.2) is 54.6 Å². The van der Waals surface area contributed by atoms with E-state index in [9.17, 15) is 9.59 Å². The molecule has 0 N–H and O–H groups in total. The summed E-state index contributed by atoms with van der Waals surface area (Å²) in [5.41, 5.74) is 3.48. The number of carbonyl (C=O) groups excluding carboxylic acids is 2. The predicted octanol–water partition coefficient (Wildman–Crippen LogP) is 3.63. The Labute approximate surface area is 161 Å². The summed E-state index contributed by atoms with van der Waals surface area (Å²) in [4.78, 5) is 30.6. The first kappa shape index (κ1) is 17.5. The smallest absolute Gasteiger partial charge is 0.338 e. The second kappa shape index (κ2) is 7.37. The van der Waals surface area contributed by atoms with Crippen molar-refractivity contribution in [2.75, 3.05) is 13.2 Å². The van der Waals surface area contributed by atoms with E-state index < -0.39 is 5.97 Å². The molecule has 0 radical (unpaired) electrons. The minimum Gasteiger partial charge on any atom is -0.452 e. The van der Waals surface area contributed by atoms with Crippen LogP contribution >= 0.6 is 11.6 Å². The third-order valence-electron chi connectivity index (χ3n) is 4.70. The van der Waals surface area contributed by atoms with Crippen LogP contribution in [0.1, 0.15) is 21.5 Å². The average molecular weight is 381 g/mol. The number of halogens is 1. The van der Waals surface area contributed by atoms with Crippen LogP contribution < -0.4 is 0 Å². The number of pyridine rings is 1. The number of rotatable bonds is 3. The van der Waals surface area contributed by atoms with Gasteiger partial charge in [0, 0.05) is 18.5 Å². The average Bonchev–Trinajstić information content (AvgIpc) is 2.71. The van der Waals surface area contributed by atoms with Gasteiger partial charge in [-0.1, -0.05) is 35.9 Å². The van der Waals surface area contributed by atoms with Crippen LogP contribution in [0.3, 0.4) is 0 Å². The third kappa shape index (κ3) is 3.78.